The van der Waals surface area contributed by atoms with Crippen LogP contribution in [0.3, 0.4) is 0 Å². The van der Waals surface area contributed by atoms with Crippen molar-refractivity contribution < 1.29 is 4.74 Å². The second kappa shape index (κ2) is 8.28. The van der Waals surface area contributed by atoms with Gasteiger partial charge in [-0.1, -0.05) is 12.1 Å². The summed E-state index contributed by atoms with van der Waals surface area (Å²) in [5.41, 5.74) is 8.48. The average molecular weight is 394 g/mol. The van der Waals surface area contributed by atoms with Crippen LogP contribution in [-0.4, -0.2) is 54.0 Å². The fourth-order valence-electron chi connectivity index (χ4n) is 5.43. The SMILES string of the molecule is Nc1cccc(-c2ccc(NC3CC4CN(CC5CCOCC5)C[C@H]4C3)nn2)c1. The van der Waals surface area contributed by atoms with Crippen LogP contribution in [0.2, 0.25) is 0 Å². The minimum Gasteiger partial charge on any atom is -0.399 e. The van der Waals surface area contributed by atoms with Gasteiger partial charge in [0.1, 0.15) is 5.82 Å². The first-order valence-corrected chi connectivity index (χ1v) is 11.0. The second-order valence-electron chi connectivity index (χ2n) is 9.04. The third kappa shape index (κ3) is 4.38. The van der Waals surface area contributed by atoms with Crippen LogP contribution in [-0.2, 0) is 4.74 Å². The molecule has 0 radical (unpaired) electrons. The largest absolute Gasteiger partial charge is 0.399 e. The van der Waals surface area contributed by atoms with Gasteiger partial charge in [0, 0.05) is 50.1 Å². The Labute approximate surface area is 172 Å². The van der Waals surface area contributed by atoms with Crippen molar-refractivity contribution in [1.82, 2.24) is 15.1 Å². The molecule has 0 spiro atoms. The molecule has 3 fully saturated rings. The maximum absolute atomic E-state index is 5.87. The predicted octanol–water partition coefficient (Wildman–Crippen LogP) is 3.27. The molecule has 1 aliphatic carbocycles. The number of likely N-dealkylation sites (tertiary alicyclic amines) is 1. The summed E-state index contributed by atoms with van der Waals surface area (Å²) in [5.74, 6) is 3.37. The second-order valence-corrected chi connectivity index (χ2v) is 9.04. The van der Waals surface area contributed by atoms with Gasteiger partial charge in [-0.15, -0.1) is 10.2 Å². The molecule has 1 aromatic heterocycles. The normalized spacial score (nSPS) is 27.8. The summed E-state index contributed by atoms with van der Waals surface area (Å²) in [4.78, 5) is 2.71. The lowest BCUT2D eigenvalue weighted by atomic mass is 10.00. The highest BCUT2D eigenvalue weighted by Gasteiger charge is 2.41. The lowest BCUT2D eigenvalue weighted by molar-refractivity contribution is 0.0545. The number of nitrogens with one attached hydrogen (secondary N) is 1. The zero-order valence-corrected chi connectivity index (χ0v) is 17.0. The maximum atomic E-state index is 5.87. The number of benzene rings is 1. The number of fused-ring (bicyclic) bond motifs is 1. The van der Waals surface area contributed by atoms with Crippen LogP contribution in [0.4, 0.5) is 11.5 Å². The van der Waals surface area contributed by atoms with Gasteiger partial charge in [-0.3, -0.25) is 0 Å². The third-order valence-electron chi connectivity index (χ3n) is 6.88. The predicted molar refractivity (Wildman–Crippen MR) is 115 cm³/mol. The van der Waals surface area contributed by atoms with E-state index >= 15 is 0 Å². The summed E-state index contributed by atoms with van der Waals surface area (Å²) in [6.45, 7) is 5.70. The highest BCUT2D eigenvalue weighted by molar-refractivity contribution is 5.64. The minimum atomic E-state index is 0.516. The van der Waals surface area contributed by atoms with E-state index in [2.05, 4.69) is 20.4 Å². The molecule has 5 rings (SSSR count). The molecule has 2 aliphatic heterocycles. The van der Waals surface area contributed by atoms with E-state index in [-0.39, 0.29) is 0 Å². The summed E-state index contributed by atoms with van der Waals surface area (Å²) in [6, 6.07) is 12.4. The van der Waals surface area contributed by atoms with Crippen LogP contribution in [0.25, 0.3) is 11.3 Å². The standard InChI is InChI=1S/C23H31N5O/c24-20-3-1-2-17(10-20)22-4-5-23(27-26-22)25-21-11-18-14-28(15-19(18)12-21)13-16-6-8-29-9-7-16/h1-5,10,16,18-19,21H,6-9,11-15,24H2,(H,25,27)/t18-,19?,21?/m1/s1. The van der Waals surface area contributed by atoms with Crippen molar-refractivity contribution in [3.63, 3.8) is 0 Å². The van der Waals surface area contributed by atoms with E-state index in [0.29, 0.717) is 6.04 Å². The van der Waals surface area contributed by atoms with Crippen molar-refractivity contribution in [2.45, 2.75) is 31.7 Å². The van der Waals surface area contributed by atoms with Gasteiger partial charge >= 0.3 is 0 Å². The Morgan fingerprint density at radius 3 is 2.52 bits per heavy atom. The fraction of sp³-hybridized carbons (Fsp3) is 0.565. The molecule has 29 heavy (non-hydrogen) atoms. The highest BCUT2D eigenvalue weighted by Crippen LogP contribution is 2.39. The van der Waals surface area contributed by atoms with E-state index in [4.69, 9.17) is 10.5 Å². The lowest BCUT2D eigenvalue weighted by Gasteiger charge is -2.27. The zero-order chi connectivity index (χ0) is 19.6. The van der Waals surface area contributed by atoms with Crippen LogP contribution in [0.15, 0.2) is 36.4 Å². The minimum absolute atomic E-state index is 0.516. The van der Waals surface area contributed by atoms with Crippen molar-refractivity contribution in [3.05, 3.63) is 36.4 Å². The molecule has 2 aromatic rings. The number of anilines is 2. The smallest absolute Gasteiger partial charge is 0.148 e. The first kappa shape index (κ1) is 18.8. The highest BCUT2D eigenvalue weighted by atomic mass is 16.5. The molecule has 3 aliphatic rings. The summed E-state index contributed by atoms with van der Waals surface area (Å²) < 4.78 is 5.50. The van der Waals surface area contributed by atoms with Gasteiger partial charge < -0.3 is 20.7 Å². The molecule has 154 valence electrons. The van der Waals surface area contributed by atoms with Gasteiger partial charge in [0.2, 0.25) is 0 Å². The molecule has 1 saturated carbocycles. The molecule has 0 amide bonds. The number of aromatic nitrogens is 2. The van der Waals surface area contributed by atoms with E-state index < -0.39 is 0 Å². The van der Waals surface area contributed by atoms with Gasteiger partial charge in [0.15, 0.2) is 0 Å². The first-order chi connectivity index (χ1) is 14.2. The lowest BCUT2D eigenvalue weighted by Crippen LogP contribution is -2.32. The number of rotatable bonds is 5. The number of nitrogen functional groups attached to an aromatic ring is 1. The van der Waals surface area contributed by atoms with Crippen molar-refractivity contribution in [2.24, 2.45) is 17.8 Å². The molecular formula is C23H31N5O. The fourth-order valence-corrected chi connectivity index (χ4v) is 5.43. The quantitative estimate of drug-likeness (QED) is 0.760. The number of ether oxygens (including phenoxy) is 1. The molecule has 1 aromatic carbocycles. The Morgan fingerprint density at radius 2 is 1.83 bits per heavy atom. The molecule has 2 unspecified atom stereocenters. The zero-order valence-electron chi connectivity index (χ0n) is 17.0. The Kier molecular flexibility index (Phi) is 5.38. The van der Waals surface area contributed by atoms with Crippen molar-refractivity contribution >= 4 is 11.5 Å². The van der Waals surface area contributed by atoms with E-state index in [0.717, 1.165) is 53.7 Å². The molecule has 3 N–H and O–H groups in total. The van der Waals surface area contributed by atoms with Crippen molar-refractivity contribution in [3.8, 4) is 11.3 Å². The summed E-state index contributed by atoms with van der Waals surface area (Å²) >= 11 is 0. The van der Waals surface area contributed by atoms with Gasteiger partial charge in [-0.2, -0.15) is 0 Å². The topological polar surface area (TPSA) is 76.3 Å². The molecular weight excluding hydrogens is 362 g/mol. The maximum Gasteiger partial charge on any atom is 0.148 e. The summed E-state index contributed by atoms with van der Waals surface area (Å²) in [6.07, 6.45) is 4.96. The van der Waals surface area contributed by atoms with Crippen LogP contribution in [0.5, 0.6) is 0 Å². The van der Waals surface area contributed by atoms with Crippen LogP contribution in [0.1, 0.15) is 25.7 Å². The number of nitrogens with two attached hydrogens (primary N) is 1. The van der Waals surface area contributed by atoms with Gasteiger partial charge in [-0.25, -0.2) is 0 Å². The van der Waals surface area contributed by atoms with E-state index in [1.165, 1.54) is 45.3 Å². The Morgan fingerprint density at radius 1 is 1.03 bits per heavy atom. The van der Waals surface area contributed by atoms with E-state index in [1.54, 1.807) is 0 Å². The summed E-state index contributed by atoms with van der Waals surface area (Å²) in [7, 11) is 0. The van der Waals surface area contributed by atoms with Gasteiger partial charge in [0.05, 0.1) is 5.69 Å². The third-order valence-corrected chi connectivity index (χ3v) is 6.88. The average Bonchev–Trinajstić information content (AvgIpc) is 3.27. The number of hydrogen-bond donors (Lipinski definition) is 2. The molecule has 3 atom stereocenters. The van der Waals surface area contributed by atoms with E-state index in [1.807, 2.05) is 36.4 Å². The monoisotopic (exact) mass is 393 g/mol. The molecule has 6 nitrogen and oxygen atoms in total. The Bertz CT molecular complexity index is 806. The first-order valence-electron chi connectivity index (χ1n) is 11.0. The molecule has 2 saturated heterocycles. The number of nitrogens with zero attached hydrogens (tertiary/aromatic N) is 3. The van der Waals surface area contributed by atoms with Crippen LogP contribution in [0, 0.1) is 17.8 Å². The molecule has 6 heteroatoms. The van der Waals surface area contributed by atoms with E-state index in [9.17, 15) is 0 Å². The van der Waals surface area contributed by atoms with Crippen molar-refractivity contribution in [2.75, 3.05) is 43.9 Å². The van der Waals surface area contributed by atoms with Crippen LogP contribution >= 0.6 is 0 Å². The Balaban J connectivity index is 1.13. The molecule has 0 bridgehead atoms. The van der Waals surface area contributed by atoms with Gasteiger partial charge in [0.25, 0.3) is 0 Å². The summed E-state index contributed by atoms with van der Waals surface area (Å²) in [5, 5.41) is 12.4. The van der Waals surface area contributed by atoms with Crippen molar-refractivity contribution in [1.29, 1.82) is 0 Å². The Hall–Kier alpha value is -2.18. The number of hydrogen-bond acceptors (Lipinski definition) is 6. The molecule has 3 heterocycles. The van der Waals surface area contributed by atoms with Crippen LogP contribution < -0.4 is 11.1 Å². The van der Waals surface area contributed by atoms with Gasteiger partial charge in [-0.05, 0) is 67.7 Å².